The second kappa shape index (κ2) is 5.65. The molecule has 0 bridgehead atoms. The Bertz CT molecular complexity index is 640. The van der Waals surface area contributed by atoms with Crippen LogP contribution in [0.25, 0.3) is 11.5 Å². The van der Waals surface area contributed by atoms with Crippen LogP contribution in [-0.4, -0.2) is 14.9 Å². The number of aromatic nitrogens is 2. The summed E-state index contributed by atoms with van der Waals surface area (Å²) in [7, 11) is 0. The zero-order valence-corrected chi connectivity index (χ0v) is 14.4. The molecule has 0 unspecified atom stereocenters. The van der Waals surface area contributed by atoms with Crippen molar-refractivity contribution in [3.63, 3.8) is 0 Å². The van der Waals surface area contributed by atoms with Gasteiger partial charge in [-0.1, -0.05) is 25.9 Å². The topological polar surface area (TPSA) is 64.9 Å². The lowest BCUT2D eigenvalue weighted by molar-refractivity contribution is 0.425. The van der Waals surface area contributed by atoms with Crippen LogP contribution in [0.2, 0.25) is 0 Å². The minimum atomic E-state index is 0.196. The van der Waals surface area contributed by atoms with Crippen molar-refractivity contribution >= 4 is 28.1 Å². The molecule has 0 fully saturated rings. The highest BCUT2D eigenvalue weighted by Gasteiger charge is 2.24. The number of nitrogen functional groups attached to an aromatic ring is 1. The highest BCUT2D eigenvalue weighted by Crippen LogP contribution is 2.42. The second-order valence-corrected chi connectivity index (χ2v) is 9.31. The van der Waals surface area contributed by atoms with Crippen LogP contribution in [0, 0.1) is 0 Å². The van der Waals surface area contributed by atoms with E-state index in [9.17, 15) is 0 Å². The predicted octanol–water partition coefficient (Wildman–Crippen LogP) is 4.29. The van der Waals surface area contributed by atoms with Crippen molar-refractivity contribution in [1.82, 2.24) is 10.1 Å². The van der Waals surface area contributed by atoms with Gasteiger partial charge in [0.15, 0.2) is 5.82 Å². The molecule has 3 rings (SSSR count). The Balaban J connectivity index is 1.85. The first-order chi connectivity index (χ1) is 9.94. The zero-order chi connectivity index (χ0) is 15.0. The first kappa shape index (κ1) is 14.9. The third kappa shape index (κ3) is 3.26. The van der Waals surface area contributed by atoms with Gasteiger partial charge in [0, 0.05) is 9.62 Å². The molecule has 0 spiro atoms. The molecule has 0 aliphatic heterocycles. The van der Waals surface area contributed by atoms with E-state index in [4.69, 9.17) is 10.3 Å². The molecule has 2 aromatic heterocycles. The first-order valence-electron chi connectivity index (χ1n) is 7.31. The van der Waals surface area contributed by atoms with Crippen molar-refractivity contribution in [2.75, 3.05) is 5.73 Å². The Kier molecular flexibility index (Phi) is 4.01. The molecule has 6 heteroatoms. The van der Waals surface area contributed by atoms with Gasteiger partial charge < -0.3 is 10.3 Å². The Morgan fingerprint density at radius 1 is 1.29 bits per heavy atom. The number of thioether (sulfide) groups is 1. The van der Waals surface area contributed by atoms with Gasteiger partial charge >= 0.3 is 0 Å². The molecular weight excluding hydrogens is 302 g/mol. The third-order valence-corrected chi connectivity index (χ3v) is 5.90. The van der Waals surface area contributed by atoms with Crippen molar-refractivity contribution in [2.45, 2.75) is 57.0 Å². The molecule has 0 radical (unpaired) electrons. The molecule has 0 atom stereocenters. The molecule has 4 nitrogen and oxygen atoms in total. The van der Waals surface area contributed by atoms with E-state index < -0.39 is 0 Å². The molecule has 114 valence electrons. The van der Waals surface area contributed by atoms with Gasteiger partial charge in [-0.3, -0.25) is 0 Å². The van der Waals surface area contributed by atoms with Gasteiger partial charge in [-0.25, -0.2) is 0 Å². The lowest BCUT2D eigenvalue weighted by Gasteiger charge is -2.15. The van der Waals surface area contributed by atoms with Crippen LogP contribution in [0.15, 0.2) is 4.52 Å². The Labute approximate surface area is 133 Å². The number of thiophene rings is 1. The highest BCUT2D eigenvalue weighted by molar-refractivity contribution is 7.99. The fourth-order valence-electron chi connectivity index (χ4n) is 2.52. The maximum Gasteiger partial charge on any atom is 0.261 e. The molecule has 0 amide bonds. The van der Waals surface area contributed by atoms with Crippen molar-refractivity contribution in [2.24, 2.45) is 0 Å². The molecule has 0 aromatic carbocycles. The number of rotatable bonds is 3. The van der Waals surface area contributed by atoms with Crippen LogP contribution >= 0.6 is 23.1 Å². The molecule has 0 saturated heterocycles. The maximum atomic E-state index is 6.19. The van der Waals surface area contributed by atoms with Crippen molar-refractivity contribution in [3.8, 4) is 11.5 Å². The summed E-state index contributed by atoms with van der Waals surface area (Å²) in [6.07, 6.45) is 4.68. The predicted molar refractivity (Wildman–Crippen MR) is 89.7 cm³/mol. The largest absolute Gasteiger partial charge is 0.390 e. The van der Waals surface area contributed by atoms with E-state index in [1.54, 1.807) is 11.3 Å². The van der Waals surface area contributed by atoms with E-state index in [1.807, 2.05) is 11.8 Å². The second-order valence-electron chi connectivity index (χ2n) is 6.37. The number of nitrogens with zero attached hydrogens (tertiary/aromatic N) is 2. The summed E-state index contributed by atoms with van der Waals surface area (Å²) in [4.78, 5) is 5.95. The minimum Gasteiger partial charge on any atom is -0.390 e. The lowest BCUT2D eigenvalue weighted by atomic mass is 9.95. The Hall–Kier alpha value is -1.01. The number of anilines is 1. The molecule has 1 aliphatic rings. The van der Waals surface area contributed by atoms with Crippen LogP contribution in [-0.2, 0) is 18.6 Å². The maximum absolute atomic E-state index is 6.19. The van der Waals surface area contributed by atoms with E-state index in [0.717, 1.165) is 35.0 Å². The number of nitrogens with two attached hydrogens (primary N) is 1. The summed E-state index contributed by atoms with van der Waals surface area (Å²) in [6, 6.07) is 0. The average molecular weight is 323 g/mol. The molecule has 0 saturated carbocycles. The van der Waals surface area contributed by atoms with Gasteiger partial charge in [0.2, 0.25) is 0 Å². The van der Waals surface area contributed by atoms with Crippen molar-refractivity contribution in [3.05, 3.63) is 16.3 Å². The van der Waals surface area contributed by atoms with Crippen LogP contribution < -0.4 is 5.73 Å². The highest BCUT2D eigenvalue weighted by atomic mass is 32.2. The van der Waals surface area contributed by atoms with Gasteiger partial charge in [0.1, 0.15) is 0 Å². The fraction of sp³-hybridized carbons (Fsp3) is 0.600. The number of aryl methyl sites for hydroxylation is 1. The van der Waals surface area contributed by atoms with E-state index >= 15 is 0 Å². The molecule has 2 N–H and O–H groups in total. The van der Waals surface area contributed by atoms with E-state index in [0.29, 0.717) is 5.89 Å². The van der Waals surface area contributed by atoms with Gasteiger partial charge in [-0.05, 0) is 31.2 Å². The van der Waals surface area contributed by atoms with Gasteiger partial charge in [0.25, 0.3) is 5.89 Å². The number of fused-ring (bicyclic) bond motifs is 1. The first-order valence-corrected chi connectivity index (χ1v) is 9.11. The quantitative estimate of drug-likeness (QED) is 0.912. The monoisotopic (exact) mass is 323 g/mol. The van der Waals surface area contributed by atoms with Crippen LogP contribution in [0.5, 0.6) is 0 Å². The SMILES string of the molecule is CC(C)(C)SCc1noc(-c2c(N)sc3c2CCCC3)n1. The van der Waals surface area contributed by atoms with Crippen LogP contribution in [0.4, 0.5) is 5.00 Å². The van der Waals surface area contributed by atoms with Crippen molar-refractivity contribution in [1.29, 1.82) is 0 Å². The van der Waals surface area contributed by atoms with Crippen LogP contribution in [0.1, 0.15) is 49.9 Å². The average Bonchev–Trinajstić information content (AvgIpc) is 2.98. The Morgan fingerprint density at radius 2 is 2.05 bits per heavy atom. The van der Waals surface area contributed by atoms with Crippen LogP contribution in [0.3, 0.4) is 0 Å². The minimum absolute atomic E-state index is 0.196. The van der Waals surface area contributed by atoms with Gasteiger partial charge in [0.05, 0.1) is 16.3 Å². The normalized spacial score (nSPS) is 15.2. The Morgan fingerprint density at radius 3 is 2.81 bits per heavy atom. The molecule has 1 aliphatic carbocycles. The number of hydrogen-bond acceptors (Lipinski definition) is 6. The van der Waals surface area contributed by atoms with E-state index in [2.05, 4.69) is 30.9 Å². The van der Waals surface area contributed by atoms with Crippen molar-refractivity contribution < 1.29 is 4.52 Å². The summed E-state index contributed by atoms with van der Waals surface area (Å²) in [5.74, 6) is 2.11. The standard InChI is InChI=1S/C15H21N3OS2/c1-15(2,3)20-8-11-17-14(19-18-11)12-9-6-4-5-7-10(9)21-13(12)16/h4-8,16H2,1-3H3. The molecule has 2 heterocycles. The molecular formula is C15H21N3OS2. The third-order valence-electron chi connectivity index (χ3n) is 3.51. The molecule has 21 heavy (non-hydrogen) atoms. The molecule has 2 aromatic rings. The fourth-order valence-corrected chi connectivity index (χ4v) is 4.35. The summed E-state index contributed by atoms with van der Waals surface area (Å²) in [6.45, 7) is 6.56. The van der Waals surface area contributed by atoms with Gasteiger partial charge in [-0.15, -0.1) is 23.1 Å². The van der Waals surface area contributed by atoms with Gasteiger partial charge in [-0.2, -0.15) is 4.98 Å². The smallest absolute Gasteiger partial charge is 0.261 e. The zero-order valence-electron chi connectivity index (χ0n) is 12.7. The summed E-state index contributed by atoms with van der Waals surface area (Å²) in [5.41, 5.74) is 8.52. The summed E-state index contributed by atoms with van der Waals surface area (Å²) in [5, 5.41) is 4.93. The number of hydrogen-bond donors (Lipinski definition) is 1. The van der Waals surface area contributed by atoms with E-state index in [-0.39, 0.29) is 4.75 Å². The lowest BCUT2D eigenvalue weighted by Crippen LogP contribution is -2.07. The van der Waals surface area contributed by atoms with E-state index in [1.165, 1.54) is 23.3 Å². The summed E-state index contributed by atoms with van der Waals surface area (Å²) < 4.78 is 5.67. The summed E-state index contributed by atoms with van der Waals surface area (Å²) >= 11 is 3.50.